The average molecular weight is 301 g/mol. The van der Waals surface area contributed by atoms with E-state index in [2.05, 4.69) is 0 Å². The lowest BCUT2D eigenvalue weighted by Gasteiger charge is -2.32. The first kappa shape index (κ1) is 13.8. The highest BCUT2D eigenvalue weighted by atomic mass is 35.5. The van der Waals surface area contributed by atoms with E-state index in [9.17, 15) is 14.4 Å². The van der Waals surface area contributed by atoms with Crippen LogP contribution in [0.1, 0.15) is 13.3 Å². The number of nitrogens with zero attached hydrogens (tertiary/aromatic N) is 2. The molecule has 1 aromatic rings. The van der Waals surface area contributed by atoms with E-state index in [1.165, 1.54) is 25.1 Å². The van der Waals surface area contributed by atoms with Crippen molar-refractivity contribution < 1.29 is 14.4 Å². The number of carbonyl (C=O) groups excluding carboxylic acids is 3. The Labute approximate surface area is 119 Å². The van der Waals surface area contributed by atoms with Gasteiger partial charge in [0.25, 0.3) is 0 Å². The largest absolute Gasteiger partial charge is 0.338 e. The summed E-state index contributed by atoms with van der Waals surface area (Å²) in [6.45, 7) is 1.38. The maximum absolute atomic E-state index is 12.1. The van der Waals surface area contributed by atoms with Crippen LogP contribution in [0, 0.1) is 0 Å². The lowest BCUT2D eigenvalue weighted by molar-refractivity contribution is -0.128. The minimum absolute atomic E-state index is 0.0889. The van der Waals surface area contributed by atoms with E-state index >= 15 is 0 Å². The zero-order valence-electron chi connectivity index (χ0n) is 10.0. The van der Waals surface area contributed by atoms with Gasteiger partial charge < -0.3 is 0 Å². The molecule has 0 atom stereocenters. The molecule has 5 nitrogen and oxygen atoms in total. The molecule has 4 amide bonds. The lowest BCUT2D eigenvalue weighted by atomic mass is 10.2. The predicted molar refractivity (Wildman–Crippen MR) is 71.3 cm³/mol. The fraction of sp³-hybridized carbons (Fsp3) is 0.250. The highest BCUT2D eigenvalue weighted by Gasteiger charge is 2.35. The molecule has 1 aliphatic heterocycles. The third-order valence-electron chi connectivity index (χ3n) is 2.76. The van der Waals surface area contributed by atoms with Crippen LogP contribution in [0.15, 0.2) is 18.2 Å². The van der Waals surface area contributed by atoms with E-state index in [0.29, 0.717) is 10.7 Å². The van der Waals surface area contributed by atoms with Crippen LogP contribution in [0.2, 0.25) is 10.0 Å². The molecule has 100 valence electrons. The first-order valence-electron chi connectivity index (χ1n) is 5.52. The maximum atomic E-state index is 12.1. The van der Waals surface area contributed by atoms with E-state index in [1.807, 2.05) is 0 Å². The quantitative estimate of drug-likeness (QED) is 0.801. The summed E-state index contributed by atoms with van der Waals surface area (Å²) >= 11 is 11.7. The Morgan fingerprint density at radius 2 is 1.89 bits per heavy atom. The number of amides is 4. The molecule has 0 unspecified atom stereocenters. The average Bonchev–Trinajstić information content (AvgIpc) is 2.33. The fourth-order valence-electron chi connectivity index (χ4n) is 1.81. The molecular weight excluding hydrogens is 291 g/mol. The Morgan fingerprint density at radius 3 is 2.47 bits per heavy atom. The van der Waals surface area contributed by atoms with Crippen molar-refractivity contribution in [1.82, 2.24) is 4.90 Å². The van der Waals surface area contributed by atoms with E-state index < -0.39 is 11.9 Å². The molecule has 1 saturated heterocycles. The molecule has 0 bridgehead atoms. The normalized spacial score (nSPS) is 15.9. The van der Waals surface area contributed by atoms with Crippen LogP contribution in [0.3, 0.4) is 0 Å². The Kier molecular flexibility index (Phi) is 3.78. The van der Waals surface area contributed by atoms with Crippen molar-refractivity contribution in [2.24, 2.45) is 0 Å². The fourth-order valence-corrected chi connectivity index (χ4v) is 2.11. The zero-order chi connectivity index (χ0) is 14.2. The summed E-state index contributed by atoms with van der Waals surface area (Å²) < 4.78 is 0. The molecule has 1 fully saturated rings. The molecule has 1 aliphatic rings. The molecule has 1 heterocycles. The number of hydrogen-bond acceptors (Lipinski definition) is 3. The minimum Gasteiger partial charge on any atom is -0.275 e. The van der Waals surface area contributed by atoms with Gasteiger partial charge >= 0.3 is 6.03 Å². The standard InChI is InChI=1S/C12H10Cl2N2O3/c1-7(17)15-5-4-11(18)16(12(15)19)8-2-3-9(13)10(14)6-8/h2-3,6H,4-5H2,1H3. The molecule has 0 radical (unpaired) electrons. The van der Waals surface area contributed by atoms with E-state index in [4.69, 9.17) is 23.2 Å². The van der Waals surface area contributed by atoms with Gasteiger partial charge in [-0.2, -0.15) is 0 Å². The highest BCUT2D eigenvalue weighted by Crippen LogP contribution is 2.29. The molecule has 0 saturated carbocycles. The zero-order valence-corrected chi connectivity index (χ0v) is 11.5. The Balaban J connectivity index is 2.40. The molecule has 2 rings (SSSR count). The second-order valence-corrected chi connectivity index (χ2v) is 4.85. The van der Waals surface area contributed by atoms with Gasteiger partial charge in [0.1, 0.15) is 0 Å². The van der Waals surface area contributed by atoms with Crippen molar-refractivity contribution in [3.8, 4) is 0 Å². The molecule has 0 aromatic heterocycles. The summed E-state index contributed by atoms with van der Waals surface area (Å²) in [5, 5.41) is 0.561. The van der Waals surface area contributed by atoms with Crippen molar-refractivity contribution in [2.45, 2.75) is 13.3 Å². The van der Waals surface area contributed by atoms with Crippen molar-refractivity contribution >= 4 is 46.7 Å². The first-order chi connectivity index (χ1) is 8.91. The van der Waals surface area contributed by atoms with Crippen LogP contribution in [-0.2, 0) is 9.59 Å². The van der Waals surface area contributed by atoms with Crippen LogP contribution in [-0.4, -0.2) is 29.3 Å². The second-order valence-electron chi connectivity index (χ2n) is 4.03. The van der Waals surface area contributed by atoms with Crippen LogP contribution in [0.4, 0.5) is 10.5 Å². The van der Waals surface area contributed by atoms with E-state index in [1.54, 1.807) is 0 Å². The summed E-state index contributed by atoms with van der Waals surface area (Å²) in [6.07, 6.45) is 0.0889. The van der Waals surface area contributed by atoms with Gasteiger partial charge in [-0.05, 0) is 18.2 Å². The van der Waals surface area contributed by atoms with Crippen molar-refractivity contribution in [3.05, 3.63) is 28.2 Å². The predicted octanol–water partition coefficient (Wildman–Crippen LogP) is 2.70. The number of halogens is 2. The highest BCUT2D eigenvalue weighted by molar-refractivity contribution is 6.42. The molecule has 0 aliphatic carbocycles. The van der Waals surface area contributed by atoms with Gasteiger partial charge in [-0.1, -0.05) is 23.2 Å². The number of urea groups is 1. The van der Waals surface area contributed by atoms with Gasteiger partial charge in [-0.15, -0.1) is 0 Å². The summed E-state index contributed by atoms with van der Waals surface area (Å²) in [7, 11) is 0. The Bertz CT molecular complexity index is 574. The third-order valence-corrected chi connectivity index (χ3v) is 3.50. The molecule has 0 N–H and O–H groups in total. The first-order valence-corrected chi connectivity index (χ1v) is 6.27. The second kappa shape index (κ2) is 5.19. The van der Waals surface area contributed by atoms with Crippen LogP contribution < -0.4 is 4.90 Å². The molecular formula is C12H10Cl2N2O3. The SMILES string of the molecule is CC(=O)N1CCC(=O)N(c2ccc(Cl)c(Cl)c2)C1=O. The van der Waals surface area contributed by atoms with Gasteiger partial charge in [0, 0.05) is 19.9 Å². The van der Waals surface area contributed by atoms with Gasteiger partial charge in [-0.25, -0.2) is 9.69 Å². The monoisotopic (exact) mass is 300 g/mol. The number of carbonyl (C=O) groups is 3. The minimum atomic E-state index is -0.665. The Hall–Kier alpha value is -1.59. The maximum Gasteiger partial charge on any atom is 0.338 e. The van der Waals surface area contributed by atoms with Gasteiger partial charge in [0.2, 0.25) is 11.8 Å². The lowest BCUT2D eigenvalue weighted by Crippen LogP contribution is -2.54. The topological polar surface area (TPSA) is 57.7 Å². The summed E-state index contributed by atoms with van der Waals surface area (Å²) in [6, 6.07) is 3.76. The van der Waals surface area contributed by atoms with Crippen LogP contribution in [0.25, 0.3) is 0 Å². The number of imide groups is 2. The number of anilines is 1. The molecule has 0 spiro atoms. The number of hydrogen-bond donors (Lipinski definition) is 0. The summed E-state index contributed by atoms with van der Waals surface area (Å²) in [4.78, 5) is 37.3. The van der Waals surface area contributed by atoms with E-state index in [0.717, 1.165) is 9.80 Å². The van der Waals surface area contributed by atoms with Crippen LogP contribution >= 0.6 is 23.2 Å². The van der Waals surface area contributed by atoms with Gasteiger partial charge in [0.05, 0.1) is 15.7 Å². The van der Waals surface area contributed by atoms with E-state index in [-0.39, 0.29) is 23.9 Å². The van der Waals surface area contributed by atoms with Crippen molar-refractivity contribution in [2.75, 3.05) is 11.4 Å². The van der Waals surface area contributed by atoms with Crippen LogP contribution in [0.5, 0.6) is 0 Å². The molecule has 7 heteroatoms. The van der Waals surface area contributed by atoms with Gasteiger partial charge in [-0.3, -0.25) is 14.5 Å². The van der Waals surface area contributed by atoms with Crippen molar-refractivity contribution in [3.63, 3.8) is 0 Å². The molecule has 19 heavy (non-hydrogen) atoms. The smallest absolute Gasteiger partial charge is 0.275 e. The van der Waals surface area contributed by atoms with Crippen molar-refractivity contribution in [1.29, 1.82) is 0 Å². The summed E-state index contributed by atoms with van der Waals surface area (Å²) in [5.74, 6) is -0.775. The third kappa shape index (κ3) is 2.57. The summed E-state index contributed by atoms with van der Waals surface area (Å²) in [5.41, 5.74) is 0.301. The van der Waals surface area contributed by atoms with Gasteiger partial charge in [0.15, 0.2) is 0 Å². The number of rotatable bonds is 1. The Morgan fingerprint density at radius 1 is 1.21 bits per heavy atom. The molecule has 1 aromatic carbocycles. The number of benzene rings is 1.